The highest BCUT2D eigenvalue weighted by atomic mass is 79.9. The molecule has 0 aliphatic rings. The number of aromatic nitrogens is 1. The van der Waals surface area contributed by atoms with Crippen molar-refractivity contribution in [2.45, 2.75) is 12.8 Å². The molecule has 0 saturated carbocycles. The average molecular weight is 347 g/mol. The number of nitrogens with zero attached hydrogens (tertiary/aromatic N) is 1. The molecule has 3 aromatic rings. The van der Waals surface area contributed by atoms with Crippen LogP contribution in [0.2, 0.25) is 0 Å². The van der Waals surface area contributed by atoms with Gasteiger partial charge in [-0.1, -0.05) is 28.1 Å². The Morgan fingerprint density at radius 3 is 2.67 bits per heavy atom. The van der Waals surface area contributed by atoms with Gasteiger partial charge in [0.05, 0.1) is 12.8 Å². The normalized spacial score (nSPS) is 11.0. The van der Waals surface area contributed by atoms with Crippen LogP contribution in [0.1, 0.15) is 11.5 Å². The fourth-order valence-electron chi connectivity index (χ4n) is 2.22. The molecule has 0 radical (unpaired) electrons. The summed E-state index contributed by atoms with van der Waals surface area (Å²) in [4.78, 5) is 4.48. The molecule has 2 N–H and O–H groups in total. The number of rotatable bonds is 4. The Morgan fingerprint density at radius 2 is 1.95 bits per heavy atom. The maximum atomic E-state index is 5.93. The van der Waals surface area contributed by atoms with Crippen LogP contribution in [0.3, 0.4) is 0 Å². The van der Waals surface area contributed by atoms with Gasteiger partial charge in [-0.05, 0) is 36.2 Å². The molecule has 5 heteroatoms. The lowest BCUT2D eigenvalue weighted by Crippen LogP contribution is -1.91. The van der Waals surface area contributed by atoms with Gasteiger partial charge in [-0.3, -0.25) is 0 Å². The van der Waals surface area contributed by atoms with Crippen LogP contribution in [0.5, 0.6) is 5.75 Å². The van der Waals surface area contributed by atoms with Gasteiger partial charge in [0.25, 0.3) is 0 Å². The first-order valence-electron chi connectivity index (χ1n) is 6.63. The summed E-state index contributed by atoms with van der Waals surface area (Å²) in [6.07, 6.45) is 1.59. The molecule has 0 bridgehead atoms. The molecule has 0 aliphatic carbocycles. The molecule has 0 unspecified atom stereocenters. The topological polar surface area (TPSA) is 61.3 Å². The van der Waals surface area contributed by atoms with E-state index in [2.05, 4.69) is 20.9 Å². The standard InChI is InChI=1S/C16H15BrN2O2/c1-20-12-5-2-10(3-6-12)4-7-15-19-14-9-11(17)8-13(18)16(14)21-15/h2-3,5-6,8-9H,4,7,18H2,1H3. The van der Waals surface area contributed by atoms with E-state index in [9.17, 15) is 0 Å². The van der Waals surface area contributed by atoms with Gasteiger partial charge in [-0.2, -0.15) is 0 Å². The zero-order valence-corrected chi connectivity index (χ0v) is 13.2. The molecular weight excluding hydrogens is 332 g/mol. The summed E-state index contributed by atoms with van der Waals surface area (Å²) in [5.74, 6) is 1.56. The van der Waals surface area contributed by atoms with Crippen molar-refractivity contribution in [1.29, 1.82) is 0 Å². The number of benzene rings is 2. The molecule has 108 valence electrons. The molecule has 4 nitrogen and oxygen atoms in total. The minimum atomic E-state index is 0.600. The number of anilines is 1. The van der Waals surface area contributed by atoms with Gasteiger partial charge in [0.2, 0.25) is 0 Å². The molecule has 0 fully saturated rings. The van der Waals surface area contributed by atoms with Crippen molar-refractivity contribution in [3.05, 3.63) is 52.3 Å². The van der Waals surface area contributed by atoms with E-state index in [1.807, 2.05) is 36.4 Å². The van der Waals surface area contributed by atoms with Crippen molar-refractivity contribution in [2.75, 3.05) is 12.8 Å². The summed E-state index contributed by atoms with van der Waals surface area (Å²) in [5.41, 5.74) is 9.19. The Balaban J connectivity index is 1.77. The molecule has 0 aliphatic heterocycles. The Hall–Kier alpha value is -2.01. The maximum absolute atomic E-state index is 5.93. The summed E-state index contributed by atoms with van der Waals surface area (Å²) >= 11 is 3.41. The number of halogens is 1. The van der Waals surface area contributed by atoms with Crippen LogP contribution in [0.25, 0.3) is 11.1 Å². The molecule has 1 heterocycles. The lowest BCUT2D eigenvalue weighted by atomic mass is 10.1. The molecular formula is C16H15BrN2O2. The number of methoxy groups -OCH3 is 1. The van der Waals surface area contributed by atoms with Gasteiger partial charge in [-0.25, -0.2) is 4.98 Å². The van der Waals surface area contributed by atoms with Crippen molar-refractivity contribution in [3.63, 3.8) is 0 Å². The van der Waals surface area contributed by atoms with Gasteiger partial charge in [0.1, 0.15) is 11.3 Å². The summed E-state index contributed by atoms with van der Waals surface area (Å²) in [6, 6.07) is 11.7. The number of nitrogens with two attached hydrogens (primary N) is 1. The van der Waals surface area contributed by atoms with E-state index in [-0.39, 0.29) is 0 Å². The SMILES string of the molecule is COc1ccc(CCc2nc3cc(Br)cc(N)c3o2)cc1. The maximum Gasteiger partial charge on any atom is 0.195 e. The van der Waals surface area contributed by atoms with Crippen LogP contribution in [-0.2, 0) is 12.8 Å². The van der Waals surface area contributed by atoms with E-state index in [1.165, 1.54) is 5.56 Å². The van der Waals surface area contributed by atoms with Gasteiger partial charge in [-0.15, -0.1) is 0 Å². The monoisotopic (exact) mass is 346 g/mol. The second-order valence-corrected chi connectivity index (χ2v) is 5.71. The van der Waals surface area contributed by atoms with Crippen LogP contribution in [0.4, 0.5) is 5.69 Å². The Labute approximate surface area is 131 Å². The Bertz CT molecular complexity index is 766. The number of fused-ring (bicyclic) bond motifs is 1. The van der Waals surface area contributed by atoms with E-state index < -0.39 is 0 Å². The smallest absolute Gasteiger partial charge is 0.195 e. The third kappa shape index (κ3) is 3.03. The molecule has 0 saturated heterocycles. The van der Waals surface area contributed by atoms with E-state index in [0.717, 1.165) is 28.6 Å². The van der Waals surface area contributed by atoms with Crippen molar-refractivity contribution in [2.24, 2.45) is 0 Å². The fourth-order valence-corrected chi connectivity index (χ4v) is 2.68. The first-order chi connectivity index (χ1) is 10.2. The van der Waals surface area contributed by atoms with Gasteiger partial charge >= 0.3 is 0 Å². The predicted octanol–water partition coefficient (Wildman–Crippen LogP) is 3.97. The van der Waals surface area contributed by atoms with Crippen LogP contribution in [-0.4, -0.2) is 12.1 Å². The number of hydrogen-bond acceptors (Lipinski definition) is 4. The highest BCUT2D eigenvalue weighted by Crippen LogP contribution is 2.27. The minimum Gasteiger partial charge on any atom is -0.497 e. The first kappa shape index (κ1) is 13.9. The number of ether oxygens (including phenoxy) is 1. The molecule has 21 heavy (non-hydrogen) atoms. The lowest BCUT2D eigenvalue weighted by Gasteiger charge is -2.01. The Kier molecular flexibility index (Phi) is 3.84. The molecule has 0 amide bonds. The van der Waals surface area contributed by atoms with E-state index >= 15 is 0 Å². The molecule has 0 atom stereocenters. The number of nitrogen functional groups attached to an aromatic ring is 1. The third-order valence-corrected chi connectivity index (χ3v) is 3.77. The Morgan fingerprint density at radius 1 is 1.19 bits per heavy atom. The van der Waals surface area contributed by atoms with Crippen molar-refractivity contribution in [1.82, 2.24) is 4.98 Å². The van der Waals surface area contributed by atoms with E-state index in [1.54, 1.807) is 7.11 Å². The third-order valence-electron chi connectivity index (χ3n) is 3.31. The summed E-state index contributed by atoms with van der Waals surface area (Å²) in [6.45, 7) is 0. The number of aryl methyl sites for hydroxylation is 2. The molecule has 1 aromatic heterocycles. The fraction of sp³-hybridized carbons (Fsp3) is 0.188. The van der Waals surface area contributed by atoms with E-state index in [0.29, 0.717) is 17.2 Å². The van der Waals surface area contributed by atoms with Crippen molar-refractivity contribution in [3.8, 4) is 5.75 Å². The zero-order chi connectivity index (χ0) is 14.8. The quantitative estimate of drug-likeness (QED) is 0.726. The van der Waals surface area contributed by atoms with Crippen LogP contribution < -0.4 is 10.5 Å². The lowest BCUT2D eigenvalue weighted by molar-refractivity contribution is 0.414. The summed E-state index contributed by atoms with van der Waals surface area (Å²) < 4.78 is 11.8. The zero-order valence-electron chi connectivity index (χ0n) is 11.6. The second-order valence-electron chi connectivity index (χ2n) is 4.80. The van der Waals surface area contributed by atoms with Crippen molar-refractivity contribution < 1.29 is 9.15 Å². The molecule has 3 rings (SSSR count). The molecule has 2 aromatic carbocycles. The largest absolute Gasteiger partial charge is 0.497 e. The van der Waals surface area contributed by atoms with Crippen LogP contribution in [0.15, 0.2) is 45.3 Å². The number of hydrogen-bond donors (Lipinski definition) is 1. The van der Waals surface area contributed by atoms with Crippen LogP contribution >= 0.6 is 15.9 Å². The van der Waals surface area contributed by atoms with E-state index in [4.69, 9.17) is 14.9 Å². The predicted molar refractivity (Wildman–Crippen MR) is 86.5 cm³/mol. The second kappa shape index (κ2) is 5.77. The summed E-state index contributed by atoms with van der Waals surface area (Å²) in [7, 11) is 1.66. The van der Waals surface area contributed by atoms with Gasteiger partial charge in [0.15, 0.2) is 11.5 Å². The van der Waals surface area contributed by atoms with Gasteiger partial charge < -0.3 is 14.9 Å². The average Bonchev–Trinajstić information content (AvgIpc) is 2.89. The minimum absolute atomic E-state index is 0.600. The van der Waals surface area contributed by atoms with Crippen LogP contribution in [0, 0.1) is 0 Å². The van der Waals surface area contributed by atoms with Crippen molar-refractivity contribution >= 4 is 32.7 Å². The highest BCUT2D eigenvalue weighted by Gasteiger charge is 2.10. The number of oxazole rings is 1. The highest BCUT2D eigenvalue weighted by molar-refractivity contribution is 9.10. The first-order valence-corrected chi connectivity index (χ1v) is 7.42. The summed E-state index contributed by atoms with van der Waals surface area (Å²) in [5, 5.41) is 0. The molecule has 0 spiro atoms. The van der Waals surface area contributed by atoms with Gasteiger partial charge in [0, 0.05) is 10.9 Å².